The fraction of sp³-hybridized carbons (Fsp3) is 0.292. The average molecular weight is 358 g/mol. The highest BCUT2D eigenvalue weighted by atomic mass is 15.2. The molecule has 1 saturated heterocycles. The van der Waals surface area contributed by atoms with E-state index in [1.807, 2.05) is 12.2 Å². The predicted octanol–water partition coefficient (Wildman–Crippen LogP) is 5.07. The van der Waals surface area contributed by atoms with E-state index in [-0.39, 0.29) is 0 Å². The van der Waals surface area contributed by atoms with E-state index < -0.39 is 0 Å². The lowest BCUT2D eigenvalue weighted by Gasteiger charge is -2.36. The molecule has 0 aromatic heterocycles. The van der Waals surface area contributed by atoms with E-state index >= 15 is 0 Å². The maximum atomic E-state index is 5.60. The van der Waals surface area contributed by atoms with Gasteiger partial charge in [0, 0.05) is 29.4 Å². The first-order chi connectivity index (χ1) is 13.0. The minimum atomic E-state index is 0.436. The normalized spacial score (nSPS) is 26.0. The van der Waals surface area contributed by atoms with Crippen LogP contribution >= 0.6 is 0 Å². The SMILES string of the molecule is C=C(N)/C=C\C=C1/CC=C2CN3C(=C)C4=C(C=C3C2=N1)[C@@H](CC)C(=C)CC4. The first kappa shape index (κ1) is 17.6. The lowest BCUT2D eigenvalue weighted by molar-refractivity contribution is 0.490. The summed E-state index contributed by atoms with van der Waals surface area (Å²) in [6, 6.07) is 0. The molecule has 0 aromatic carbocycles. The molecule has 0 aromatic rings. The third-order valence-corrected chi connectivity index (χ3v) is 5.87. The van der Waals surface area contributed by atoms with Crippen LogP contribution in [0.4, 0.5) is 0 Å². The van der Waals surface area contributed by atoms with Crippen LogP contribution in [-0.2, 0) is 0 Å². The molecule has 138 valence electrons. The third-order valence-electron chi connectivity index (χ3n) is 5.87. The van der Waals surface area contributed by atoms with Gasteiger partial charge in [-0.25, -0.2) is 0 Å². The van der Waals surface area contributed by atoms with Gasteiger partial charge in [-0.3, -0.25) is 4.99 Å². The molecule has 0 spiro atoms. The number of allylic oxidation sites excluding steroid dienone is 9. The van der Waals surface area contributed by atoms with Crippen LogP contribution in [0.5, 0.6) is 0 Å². The number of nitrogens with zero attached hydrogens (tertiary/aromatic N) is 2. The molecule has 3 nitrogen and oxygen atoms in total. The number of dihydropyridines is 1. The van der Waals surface area contributed by atoms with Crippen molar-refractivity contribution in [1.29, 1.82) is 0 Å². The Bertz CT molecular complexity index is 931. The van der Waals surface area contributed by atoms with Gasteiger partial charge in [-0.1, -0.05) is 44.4 Å². The summed E-state index contributed by atoms with van der Waals surface area (Å²) >= 11 is 0. The topological polar surface area (TPSA) is 41.6 Å². The highest BCUT2D eigenvalue weighted by molar-refractivity contribution is 6.16. The molecule has 3 heterocycles. The van der Waals surface area contributed by atoms with Crippen LogP contribution in [0.25, 0.3) is 0 Å². The molecule has 1 fully saturated rings. The van der Waals surface area contributed by atoms with Crippen molar-refractivity contribution >= 4 is 5.71 Å². The van der Waals surface area contributed by atoms with E-state index in [0.717, 1.165) is 49.3 Å². The largest absolute Gasteiger partial charge is 0.399 e. The zero-order valence-electron chi connectivity index (χ0n) is 16.1. The summed E-state index contributed by atoms with van der Waals surface area (Å²) in [5, 5.41) is 0. The Kier molecular flexibility index (Phi) is 4.39. The van der Waals surface area contributed by atoms with Crippen molar-refractivity contribution in [3.63, 3.8) is 0 Å². The van der Waals surface area contributed by atoms with Gasteiger partial charge in [0.15, 0.2) is 0 Å². The molecule has 0 unspecified atom stereocenters. The first-order valence-electron chi connectivity index (χ1n) is 9.69. The van der Waals surface area contributed by atoms with Crippen LogP contribution < -0.4 is 5.73 Å². The van der Waals surface area contributed by atoms with Crippen LogP contribution in [0.2, 0.25) is 0 Å². The van der Waals surface area contributed by atoms with E-state index in [1.165, 1.54) is 28.0 Å². The lowest BCUT2D eigenvalue weighted by atomic mass is 9.75. The smallest absolute Gasteiger partial charge is 0.0917 e. The van der Waals surface area contributed by atoms with Crippen molar-refractivity contribution in [2.75, 3.05) is 6.54 Å². The maximum absolute atomic E-state index is 5.60. The van der Waals surface area contributed by atoms with Crippen molar-refractivity contribution in [2.24, 2.45) is 16.6 Å². The summed E-state index contributed by atoms with van der Waals surface area (Å²) in [5.74, 6) is 0.436. The monoisotopic (exact) mass is 357 g/mol. The molecule has 1 aliphatic carbocycles. The second-order valence-electron chi connectivity index (χ2n) is 7.60. The van der Waals surface area contributed by atoms with Gasteiger partial charge in [0.1, 0.15) is 0 Å². The molecule has 3 heteroatoms. The van der Waals surface area contributed by atoms with E-state index in [1.54, 1.807) is 6.08 Å². The summed E-state index contributed by atoms with van der Waals surface area (Å²) in [6.45, 7) is 15.6. The van der Waals surface area contributed by atoms with Crippen molar-refractivity contribution in [2.45, 2.75) is 32.6 Å². The maximum Gasteiger partial charge on any atom is 0.0917 e. The summed E-state index contributed by atoms with van der Waals surface area (Å²) in [4.78, 5) is 7.30. The number of aliphatic imine (C=N–C) groups is 1. The Morgan fingerprint density at radius 3 is 2.93 bits per heavy atom. The fourth-order valence-corrected chi connectivity index (χ4v) is 4.46. The zero-order valence-corrected chi connectivity index (χ0v) is 16.1. The van der Waals surface area contributed by atoms with Crippen molar-refractivity contribution in [1.82, 2.24) is 4.90 Å². The minimum Gasteiger partial charge on any atom is -0.399 e. The van der Waals surface area contributed by atoms with Crippen LogP contribution in [0.1, 0.15) is 32.6 Å². The standard InChI is InChI=1S/C24H27N3/c1-5-20-15(2)9-12-21-17(4)27-14-18-10-11-19(8-6-7-16(3)25)26-24(18)23(27)13-22(20)21/h6-8,10,13,20H,2-5,9,11-12,14,25H2,1H3/b7-6-,19-8+/t20-/m0/s1. The molecule has 0 amide bonds. The van der Waals surface area contributed by atoms with Gasteiger partial charge >= 0.3 is 0 Å². The van der Waals surface area contributed by atoms with Gasteiger partial charge in [0.2, 0.25) is 0 Å². The summed E-state index contributed by atoms with van der Waals surface area (Å²) in [5.41, 5.74) is 16.1. The number of hydrogen-bond donors (Lipinski definition) is 1. The zero-order chi connectivity index (χ0) is 19.1. The van der Waals surface area contributed by atoms with E-state index in [4.69, 9.17) is 10.7 Å². The number of hydrogen-bond acceptors (Lipinski definition) is 3. The van der Waals surface area contributed by atoms with Crippen molar-refractivity contribution in [3.05, 3.63) is 95.2 Å². The Balaban J connectivity index is 1.74. The molecule has 1 atom stereocenters. The van der Waals surface area contributed by atoms with Crippen LogP contribution in [0.3, 0.4) is 0 Å². The van der Waals surface area contributed by atoms with Gasteiger partial charge in [-0.2, -0.15) is 0 Å². The third kappa shape index (κ3) is 2.97. The van der Waals surface area contributed by atoms with Gasteiger partial charge in [0.05, 0.1) is 18.0 Å². The molecular formula is C24H27N3. The molecule has 0 saturated carbocycles. The van der Waals surface area contributed by atoms with E-state index in [0.29, 0.717) is 11.6 Å². The summed E-state index contributed by atoms with van der Waals surface area (Å²) < 4.78 is 0. The average Bonchev–Trinajstić information content (AvgIpc) is 3.00. The molecule has 4 aliphatic rings. The summed E-state index contributed by atoms with van der Waals surface area (Å²) in [7, 11) is 0. The molecule has 4 rings (SSSR count). The lowest BCUT2D eigenvalue weighted by Crippen LogP contribution is -2.27. The Morgan fingerprint density at radius 1 is 1.37 bits per heavy atom. The second kappa shape index (κ2) is 6.73. The first-order valence-corrected chi connectivity index (χ1v) is 9.69. The summed E-state index contributed by atoms with van der Waals surface area (Å²) in [6.07, 6.45) is 14.4. The van der Waals surface area contributed by atoms with Crippen LogP contribution in [0, 0.1) is 5.92 Å². The second-order valence-corrected chi connectivity index (χ2v) is 7.60. The van der Waals surface area contributed by atoms with Crippen LogP contribution in [0.15, 0.2) is 100 Å². The fourth-order valence-electron chi connectivity index (χ4n) is 4.46. The predicted molar refractivity (Wildman–Crippen MR) is 114 cm³/mol. The van der Waals surface area contributed by atoms with E-state index in [9.17, 15) is 0 Å². The molecule has 2 N–H and O–H groups in total. The molecule has 3 aliphatic heterocycles. The highest BCUT2D eigenvalue weighted by Gasteiger charge is 2.38. The minimum absolute atomic E-state index is 0.436. The highest BCUT2D eigenvalue weighted by Crippen LogP contribution is 2.46. The molecule has 0 bridgehead atoms. The van der Waals surface area contributed by atoms with Crippen LogP contribution in [-0.4, -0.2) is 17.2 Å². The Labute approximate surface area is 162 Å². The van der Waals surface area contributed by atoms with Crippen molar-refractivity contribution in [3.8, 4) is 0 Å². The number of nitrogens with two attached hydrogens (primary N) is 1. The number of rotatable bonds is 3. The van der Waals surface area contributed by atoms with Gasteiger partial charge in [-0.15, -0.1) is 0 Å². The molecule has 0 radical (unpaired) electrons. The Morgan fingerprint density at radius 2 is 2.19 bits per heavy atom. The quantitative estimate of drug-likeness (QED) is 0.566. The molecular weight excluding hydrogens is 330 g/mol. The molecule has 27 heavy (non-hydrogen) atoms. The Hall–Kier alpha value is -2.81. The van der Waals surface area contributed by atoms with E-state index in [2.05, 4.69) is 43.7 Å². The van der Waals surface area contributed by atoms with Gasteiger partial charge in [-0.05, 0) is 54.2 Å². The number of fused-ring (bicyclic) bond motifs is 3. The van der Waals surface area contributed by atoms with Gasteiger partial charge in [0.25, 0.3) is 0 Å². The van der Waals surface area contributed by atoms with Crippen molar-refractivity contribution < 1.29 is 0 Å². The van der Waals surface area contributed by atoms with Gasteiger partial charge < -0.3 is 10.6 Å².